The second-order valence-corrected chi connectivity index (χ2v) is 9.61. The highest BCUT2D eigenvalue weighted by molar-refractivity contribution is 7.13. The molecular weight excluding hydrogens is 447 g/mol. The van der Waals surface area contributed by atoms with Crippen LogP contribution >= 0.6 is 11.3 Å². The molecule has 170 valence electrons. The van der Waals surface area contributed by atoms with Gasteiger partial charge in [-0.1, -0.05) is 50.2 Å². The number of fused-ring (bicyclic) bond motifs is 1. The largest absolute Gasteiger partial charge is 0.305 e. The number of aromatic nitrogens is 3. The van der Waals surface area contributed by atoms with Crippen molar-refractivity contribution in [2.45, 2.75) is 19.8 Å². The number of nitrogens with one attached hydrogen (secondary N) is 1. The molecule has 1 N–H and O–H groups in total. The molecule has 5 rings (SSSR count). The van der Waals surface area contributed by atoms with Crippen LogP contribution in [0, 0.1) is 11.2 Å². The number of carbonyl (C=O) groups excluding carboxylic acids is 1. The first-order chi connectivity index (χ1) is 16.4. The smallest absolute Gasteiger partial charge is 0.232 e. The van der Waals surface area contributed by atoms with E-state index in [0.717, 1.165) is 27.9 Å². The summed E-state index contributed by atoms with van der Waals surface area (Å²) in [5.74, 6) is -0.595. The molecule has 0 saturated heterocycles. The van der Waals surface area contributed by atoms with Crippen molar-refractivity contribution in [2.75, 3.05) is 5.32 Å². The van der Waals surface area contributed by atoms with E-state index in [1.165, 1.54) is 23.5 Å². The Kier molecular flexibility index (Phi) is 5.71. The van der Waals surface area contributed by atoms with Crippen LogP contribution in [0.4, 0.5) is 9.52 Å². The first-order valence-corrected chi connectivity index (χ1v) is 11.8. The fourth-order valence-electron chi connectivity index (χ4n) is 4.36. The third-order valence-corrected chi connectivity index (χ3v) is 6.79. The predicted molar refractivity (Wildman–Crippen MR) is 133 cm³/mol. The molecule has 3 aromatic heterocycles. The third kappa shape index (κ3) is 4.10. The number of imidazole rings is 1. The molecule has 0 unspecified atom stereocenters. The van der Waals surface area contributed by atoms with Crippen molar-refractivity contribution in [2.24, 2.45) is 5.41 Å². The van der Waals surface area contributed by atoms with E-state index >= 15 is 0 Å². The van der Waals surface area contributed by atoms with Crippen LogP contribution in [0.1, 0.15) is 30.9 Å². The summed E-state index contributed by atoms with van der Waals surface area (Å²) in [4.78, 5) is 22.2. The lowest BCUT2D eigenvalue weighted by Gasteiger charge is -2.33. The number of amides is 1. The minimum Gasteiger partial charge on any atom is -0.305 e. The SMILES string of the molecule is CC(C)(C(=O)Nc1nccs1)[C@H](c1ccccc1)c1ccc2c(-c3ccc(F)cc3)ncn2c1. The molecule has 5 nitrogen and oxygen atoms in total. The molecule has 1 amide bonds. The Hall–Kier alpha value is -3.84. The van der Waals surface area contributed by atoms with E-state index in [-0.39, 0.29) is 17.6 Å². The Morgan fingerprint density at radius 1 is 1.00 bits per heavy atom. The molecular formula is C27H23FN4OS. The molecule has 34 heavy (non-hydrogen) atoms. The van der Waals surface area contributed by atoms with Gasteiger partial charge in [-0.2, -0.15) is 0 Å². The van der Waals surface area contributed by atoms with Gasteiger partial charge in [-0.15, -0.1) is 11.3 Å². The number of pyridine rings is 1. The third-order valence-electron chi connectivity index (χ3n) is 6.10. The average molecular weight is 471 g/mol. The van der Waals surface area contributed by atoms with Gasteiger partial charge in [0.1, 0.15) is 5.82 Å². The van der Waals surface area contributed by atoms with Gasteiger partial charge in [-0.05, 0) is 41.5 Å². The van der Waals surface area contributed by atoms with Crippen LogP contribution in [-0.4, -0.2) is 20.3 Å². The van der Waals surface area contributed by atoms with Crippen molar-refractivity contribution in [3.05, 3.63) is 108 Å². The summed E-state index contributed by atoms with van der Waals surface area (Å²) in [5, 5.41) is 5.39. The molecule has 5 aromatic rings. The highest BCUT2D eigenvalue weighted by Crippen LogP contribution is 2.42. The van der Waals surface area contributed by atoms with E-state index in [1.807, 2.05) is 72.3 Å². The van der Waals surface area contributed by atoms with E-state index in [2.05, 4.69) is 15.3 Å². The Balaban J connectivity index is 1.57. The molecule has 2 aromatic carbocycles. The van der Waals surface area contributed by atoms with E-state index in [1.54, 1.807) is 24.7 Å². The molecule has 0 saturated carbocycles. The van der Waals surface area contributed by atoms with Gasteiger partial charge >= 0.3 is 0 Å². The summed E-state index contributed by atoms with van der Waals surface area (Å²) >= 11 is 1.40. The highest BCUT2D eigenvalue weighted by atomic mass is 32.1. The quantitative estimate of drug-likeness (QED) is 0.313. The van der Waals surface area contributed by atoms with Crippen LogP contribution in [0.3, 0.4) is 0 Å². The van der Waals surface area contributed by atoms with E-state index in [9.17, 15) is 9.18 Å². The lowest BCUT2D eigenvalue weighted by molar-refractivity contribution is -0.124. The molecule has 0 aliphatic heterocycles. The zero-order valence-electron chi connectivity index (χ0n) is 18.8. The molecule has 0 aliphatic rings. The predicted octanol–water partition coefficient (Wildman–Crippen LogP) is 6.39. The summed E-state index contributed by atoms with van der Waals surface area (Å²) in [6.07, 6.45) is 5.45. The number of hydrogen-bond donors (Lipinski definition) is 1. The maximum Gasteiger partial charge on any atom is 0.232 e. The summed E-state index contributed by atoms with van der Waals surface area (Å²) in [5.41, 5.74) is 3.79. The lowest BCUT2D eigenvalue weighted by Crippen LogP contribution is -2.37. The Labute approximate surface area is 201 Å². The van der Waals surface area contributed by atoms with E-state index < -0.39 is 5.41 Å². The first kappa shape index (κ1) is 22.0. The molecule has 7 heteroatoms. The molecule has 1 atom stereocenters. The van der Waals surface area contributed by atoms with Crippen LogP contribution in [-0.2, 0) is 4.79 Å². The van der Waals surface area contributed by atoms with E-state index in [0.29, 0.717) is 5.13 Å². The maximum atomic E-state index is 13.4. The standard InChI is InChI=1S/C27H23FN4OS/c1-27(2,25(33)31-26-29-14-15-34-26)23(18-6-4-3-5-7-18)20-10-13-22-24(30-17-32(22)16-20)19-8-11-21(28)12-9-19/h3-17,23H,1-2H3,(H,29,31,33)/t23-/m1/s1. The van der Waals surface area contributed by atoms with Crippen LogP contribution < -0.4 is 5.32 Å². The van der Waals surface area contributed by atoms with Gasteiger partial charge in [-0.25, -0.2) is 14.4 Å². The fraction of sp³-hybridized carbons (Fsp3) is 0.148. The summed E-state index contributed by atoms with van der Waals surface area (Å²) in [6.45, 7) is 3.91. The number of anilines is 1. The number of nitrogens with zero attached hydrogens (tertiary/aromatic N) is 3. The van der Waals surface area contributed by atoms with Gasteiger partial charge in [0.15, 0.2) is 5.13 Å². The number of halogens is 1. The Morgan fingerprint density at radius 2 is 1.76 bits per heavy atom. The molecule has 3 heterocycles. The fourth-order valence-corrected chi connectivity index (χ4v) is 4.89. The molecule has 0 radical (unpaired) electrons. The van der Waals surface area contributed by atoms with Crippen molar-refractivity contribution >= 4 is 27.9 Å². The van der Waals surface area contributed by atoms with Gasteiger partial charge in [0.25, 0.3) is 0 Å². The zero-order chi connectivity index (χ0) is 23.7. The number of rotatable bonds is 6. The van der Waals surface area contributed by atoms with Crippen LogP contribution in [0.25, 0.3) is 16.8 Å². The minimum atomic E-state index is -0.777. The lowest BCUT2D eigenvalue weighted by atomic mass is 9.71. The molecule has 0 bridgehead atoms. The topological polar surface area (TPSA) is 59.3 Å². The minimum absolute atomic E-state index is 0.103. The van der Waals surface area contributed by atoms with Gasteiger partial charge in [0.2, 0.25) is 5.91 Å². The van der Waals surface area contributed by atoms with Crippen molar-refractivity contribution in [3.63, 3.8) is 0 Å². The second kappa shape index (κ2) is 8.83. The molecule has 0 spiro atoms. The number of benzene rings is 2. The van der Waals surface area contributed by atoms with Crippen molar-refractivity contribution in [3.8, 4) is 11.3 Å². The van der Waals surface area contributed by atoms with Gasteiger partial charge in [0.05, 0.1) is 23.0 Å². The maximum absolute atomic E-state index is 13.4. The monoisotopic (exact) mass is 470 g/mol. The number of hydrogen-bond acceptors (Lipinski definition) is 4. The first-order valence-electron chi connectivity index (χ1n) is 10.9. The van der Waals surface area contributed by atoms with Crippen LogP contribution in [0.15, 0.2) is 90.8 Å². The van der Waals surface area contributed by atoms with Crippen molar-refractivity contribution in [1.29, 1.82) is 0 Å². The van der Waals surface area contributed by atoms with Gasteiger partial charge in [0, 0.05) is 29.3 Å². The van der Waals surface area contributed by atoms with Gasteiger partial charge in [-0.3, -0.25) is 4.79 Å². The number of carbonyl (C=O) groups is 1. The Bertz CT molecular complexity index is 1430. The second-order valence-electron chi connectivity index (χ2n) is 8.71. The molecule has 0 aliphatic carbocycles. The summed E-state index contributed by atoms with van der Waals surface area (Å²) < 4.78 is 15.3. The zero-order valence-corrected chi connectivity index (χ0v) is 19.6. The van der Waals surface area contributed by atoms with Crippen LogP contribution in [0.2, 0.25) is 0 Å². The normalized spacial score (nSPS) is 12.6. The average Bonchev–Trinajstić information content (AvgIpc) is 3.50. The van der Waals surface area contributed by atoms with Crippen molar-refractivity contribution < 1.29 is 9.18 Å². The summed E-state index contributed by atoms with van der Waals surface area (Å²) in [7, 11) is 0. The number of thiazole rings is 1. The Morgan fingerprint density at radius 3 is 2.47 bits per heavy atom. The van der Waals surface area contributed by atoms with Crippen LogP contribution in [0.5, 0.6) is 0 Å². The van der Waals surface area contributed by atoms with E-state index in [4.69, 9.17) is 0 Å². The molecule has 0 fully saturated rings. The van der Waals surface area contributed by atoms with Gasteiger partial charge < -0.3 is 9.72 Å². The van der Waals surface area contributed by atoms with Crippen molar-refractivity contribution in [1.82, 2.24) is 14.4 Å². The highest BCUT2D eigenvalue weighted by Gasteiger charge is 2.39. The summed E-state index contributed by atoms with van der Waals surface area (Å²) in [6, 6.07) is 20.4.